The summed E-state index contributed by atoms with van der Waals surface area (Å²) in [5, 5.41) is 10.9. The molecule has 26 heavy (non-hydrogen) atoms. The maximum atomic E-state index is 5.34. The van der Waals surface area contributed by atoms with Crippen LogP contribution in [0.15, 0.2) is 70.5 Å². The second-order valence-electron chi connectivity index (χ2n) is 5.65. The lowest BCUT2D eigenvalue weighted by atomic mass is 10.1. The smallest absolute Gasteiger partial charge is 0.191 e. The Hall–Kier alpha value is -2.29. The monoisotopic (exact) mass is 465 g/mol. The van der Waals surface area contributed by atoms with Crippen molar-refractivity contribution < 1.29 is 4.42 Å². The fourth-order valence-electron chi connectivity index (χ4n) is 2.61. The summed E-state index contributed by atoms with van der Waals surface area (Å²) in [7, 11) is 1.78. The van der Waals surface area contributed by atoms with Gasteiger partial charge < -0.3 is 15.1 Å². The molecule has 138 valence electrons. The number of nitrogens with one attached hydrogen (secondary N) is 2. The van der Waals surface area contributed by atoms with E-state index in [9.17, 15) is 0 Å². The van der Waals surface area contributed by atoms with Crippen LogP contribution in [0.3, 0.4) is 0 Å². The number of nitrogens with zero attached hydrogens (tertiary/aromatic N) is 3. The van der Waals surface area contributed by atoms with Gasteiger partial charge in [-0.05, 0) is 29.3 Å². The first kappa shape index (κ1) is 20.0. The van der Waals surface area contributed by atoms with Crippen molar-refractivity contribution in [3.8, 4) is 0 Å². The molecule has 1 aromatic carbocycles. The standard InChI is InChI=1S/C19H23N5O.HI/c1-20-19(21-11-9-18-8-4-13-25-18)22-14-16-6-2-3-7-17(16)15-24-12-5-10-23-24;/h2-8,10,12-13H,9,11,14-15H2,1H3,(H2,20,21,22);1H. The third-order valence-corrected chi connectivity index (χ3v) is 3.92. The van der Waals surface area contributed by atoms with Gasteiger partial charge in [0.1, 0.15) is 5.76 Å². The molecule has 0 saturated heterocycles. The Morgan fingerprint density at radius 2 is 1.96 bits per heavy atom. The fourth-order valence-corrected chi connectivity index (χ4v) is 2.61. The fraction of sp³-hybridized carbons (Fsp3) is 0.263. The molecule has 0 atom stereocenters. The molecule has 2 heterocycles. The number of benzene rings is 1. The van der Waals surface area contributed by atoms with E-state index in [1.54, 1.807) is 19.5 Å². The second kappa shape index (κ2) is 10.6. The van der Waals surface area contributed by atoms with E-state index in [0.29, 0.717) is 6.54 Å². The number of guanidine groups is 1. The summed E-state index contributed by atoms with van der Waals surface area (Å²) in [6.07, 6.45) is 6.29. The Morgan fingerprint density at radius 1 is 1.12 bits per heavy atom. The van der Waals surface area contributed by atoms with Crippen molar-refractivity contribution in [1.82, 2.24) is 20.4 Å². The second-order valence-corrected chi connectivity index (χ2v) is 5.65. The Bertz CT molecular complexity index is 784. The van der Waals surface area contributed by atoms with Crippen molar-refractivity contribution in [2.75, 3.05) is 13.6 Å². The molecule has 3 aromatic rings. The molecule has 3 rings (SSSR count). The quantitative estimate of drug-likeness (QED) is 0.320. The first-order chi connectivity index (χ1) is 12.3. The summed E-state index contributed by atoms with van der Waals surface area (Å²) in [5.41, 5.74) is 2.47. The maximum Gasteiger partial charge on any atom is 0.191 e. The van der Waals surface area contributed by atoms with Crippen molar-refractivity contribution in [2.24, 2.45) is 4.99 Å². The molecule has 0 aliphatic carbocycles. The molecule has 0 bridgehead atoms. The molecule has 0 aliphatic rings. The number of hydrogen-bond acceptors (Lipinski definition) is 3. The lowest BCUT2D eigenvalue weighted by Crippen LogP contribution is -2.38. The maximum absolute atomic E-state index is 5.34. The van der Waals surface area contributed by atoms with E-state index in [1.807, 2.05) is 29.1 Å². The van der Waals surface area contributed by atoms with Crippen LogP contribution in [0.4, 0.5) is 0 Å². The Morgan fingerprint density at radius 3 is 2.65 bits per heavy atom. The van der Waals surface area contributed by atoms with Crippen LogP contribution in [0.2, 0.25) is 0 Å². The van der Waals surface area contributed by atoms with Crippen LogP contribution in [0.1, 0.15) is 16.9 Å². The summed E-state index contributed by atoms with van der Waals surface area (Å²) >= 11 is 0. The largest absolute Gasteiger partial charge is 0.469 e. The Kier molecular flexibility index (Phi) is 8.20. The predicted molar refractivity (Wildman–Crippen MR) is 114 cm³/mol. The zero-order chi connectivity index (χ0) is 17.3. The number of rotatable bonds is 7. The SMILES string of the molecule is CN=C(NCCc1ccco1)NCc1ccccc1Cn1cccn1.I. The van der Waals surface area contributed by atoms with Crippen molar-refractivity contribution in [3.63, 3.8) is 0 Å². The van der Waals surface area contributed by atoms with Gasteiger partial charge in [0, 0.05) is 39.0 Å². The first-order valence-corrected chi connectivity index (χ1v) is 8.36. The molecule has 2 aromatic heterocycles. The Balaban J connectivity index is 0.00000243. The van der Waals surface area contributed by atoms with Crippen LogP contribution in [0.5, 0.6) is 0 Å². The van der Waals surface area contributed by atoms with Crippen LogP contribution in [0, 0.1) is 0 Å². The average molecular weight is 465 g/mol. The number of aliphatic imine (C=N–C) groups is 1. The van der Waals surface area contributed by atoms with Crippen molar-refractivity contribution in [1.29, 1.82) is 0 Å². The van der Waals surface area contributed by atoms with E-state index in [2.05, 4.69) is 45.0 Å². The third kappa shape index (κ3) is 5.91. The number of aromatic nitrogens is 2. The summed E-state index contributed by atoms with van der Waals surface area (Å²) in [5.74, 6) is 1.74. The lowest BCUT2D eigenvalue weighted by molar-refractivity contribution is 0.507. The molecule has 2 N–H and O–H groups in total. The number of furan rings is 1. The summed E-state index contributed by atoms with van der Waals surface area (Å²) in [6, 6.07) is 14.2. The van der Waals surface area contributed by atoms with E-state index in [4.69, 9.17) is 4.42 Å². The molecule has 7 heteroatoms. The van der Waals surface area contributed by atoms with E-state index >= 15 is 0 Å². The van der Waals surface area contributed by atoms with E-state index in [-0.39, 0.29) is 24.0 Å². The van der Waals surface area contributed by atoms with Crippen molar-refractivity contribution in [3.05, 3.63) is 78.0 Å². The van der Waals surface area contributed by atoms with E-state index in [0.717, 1.165) is 31.2 Å². The van der Waals surface area contributed by atoms with Gasteiger partial charge in [-0.1, -0.05) is 24.3 Å². The van der Waals surface area contributed by atoms with E-state index in [1.165, 1.54) is 11.1 Å². The summed E-state index contributed by atoms with van der Waals surface area (Å²) < 4.78 is 7.26. The molecular weight excluding hydrogens is 441 g/mol. The molecule has 0 fully saturated rings. The van der Waals surface area contributed by atoms with Crippen LogP contribution in [-0.2, 0) is 19.5 Å². The van der Waals surface area contributed by atoms with Gasteiger partial charge in [-0.2, -0.15) is 5.10 Å². The highest BCUT2D eigenvalue weighted by Crippen LogP contribution is 2.10. The normalized spacial score (nSPS) is 11.0. The average Bonchev–Trinajstić information content (AvgIpc) is 3.33. The zero-order valence-electron chi connectivity index (χ0n) is 14.8. The lowest BCUT2D eigenvalue weighted by Gasteiger charge is -2.14. The molecule has 0 amide bonds. The van der Waals surface area contributed by atoms with Gasteiger partial charge in [0.25, 0.3) is 0 Å². The van der Waals surface area contributed by atoms with Gasteiger partial charge in [0.2, 0.25) is 0 Å². The highest BCUT2D eigenvalue weighted by Gasteiger charge is 2.05. The minimum atomic E-state index is 0. The van der Waals surface area contributed by atoms with E-state index < -0.39 is 0 Å². The molecule has 0 saturated carbocycles. The highest BCUT2D eigenvalue weighted by molar-refractivity contribution is 14.0. The van der Waals surface area contributed by atoms with Gasteiger partial charge in [0.05, 0.1) is 12.8 Å². The van der Waals surface area contributed by atoms with Crippen LogP contribution >= 0.6 is 24.0 Å². The minimum Gasteiger partial charge on any atom is -0.469 e. The van der Waals surface area contributed by atoms with Crippen LogP contribution in [-0.4, -0.2) is 29.3 Å². The van der Waals surface area contributed by atoms with Gasteiger partial charge in [0.15, 0.2) is 5.96 Å². The summed E-state index contributed by atoms with van der Waals surface area (Å²) in [4.78, 5) is 4.27. The third-order valence-electron chi connectivity index (χ3n) is 3.92. The highest BCUT2D eigenvalue weighted by atomic mass is 127. The zero-order valence-corrected chi connectivity index (χ0v) is 17.1. The molecule has 0 aliphatic heterocycles. The van der Waals surface area contributed by atoms with Crippen molar-refractivity contribution in [2.45, 2.75) is 19.5 Å². The summed E-state index contributed by atoms with van der Waals surface area (Å²) in [6.45, 7) is 2.23. The Labute approximate surface area is 170 Å². The number of halogens is 1. The molecule has 0 radical (unpaired) electrons. The van der Waals surface area contributed by atoms with Gasteiger partial charge in [-0.15, -0.1) is 24.0 Å². The molecular formula is C19H24IN5O. The predicted octanol–water partition coefficient (Wildman–Crippen LogP) is 3.05. The number of hydrogen-bond donors (Lipinski definition) is 2. The van der Waals surface area contributed by atoms with Crippen LogP contribution < -0.4 is 10.6 Å². The topological polar surface area (TPSA) is 67.4 Å². The minimum absolute atomic E-state index is 0. The van der Waals surface area contributed by atoms with Gasteiger partial charge >= 0.3 is 0 Å². The molecule has 0 unspecified atom stereocenters. The van der Waals surface area contributed by atoms with Gasteiger partial charge in [-0.25, -0.2) is 0 Å². The van der Waals surface area contributed by atoms with Crippen LogP contribution in [0.25, 0.3) is 0 Å². The first-order valence-electron chi connectivity index (χ1n) is 8.36. The molecule has 0 spiro atoms. The van der Waals surface area contributed by atoms with Crippen molar-refractivity contribution >= 4 is 29.9 Å². The van der Waals surface area contributed by atoms with Gasteiger partial charge in [-0.3, -0.25) is 9.67 Å². The molecule has 6 nitrogen and oxygen atoms in total.